The third-order valence-corrected chi connectivity index (χ3v) is 5.59. The van der Waals surface area contributed by atoms with Crippen molar-refractivity contribution in [2.24, 2.45) is 5.73 Å². The molecule has 0 spiro atoms. The van der Waals surface area contributed by atoms with Gasteiger partial charge >= 0.3 is 0 Å². The summed E-state index contributed by atoms with van der Waals surface area (Å²) < 4.78 is 0. The lowest BCUT2D eigenvalue weighted by atomic mass is 9.94. The molecule has 2 unspecified atom stereocenters. The molecule has 2 aromatic rings. The van der Waals surface area contributed by atoms with Crippen LogP contribution in [-0.4, -0.2) is 17.5 Å². The molecule has 1 aliphatic rings. The van der Waals surface area contributed by atoms with Crippen LogP contribution >= 0.6 is 22.9 Å². The van der Waals surface area contributed by atoms with Gasteiger partial charge in [-0.1, -0.05) is 30.7 Å². The smallest absolute Gasteiger partial charge is 0.0502 e. The van der Waals surface area contributed by atoms with Crippen LogP contribution in [0.4, 0.5) is 0 Å². The van der Waals surface area contributed by atoms with E-state index in [-0.39, 0.29) is 12.1 Å². The Labute approximate surface area is 135 Å². The zero-order valence-corrected chi connectivity index (χ0v) is 13.8. The number of rotatable bonds is 4. The van der Waals surface area contributed by atoms with Crippen LogP contribution in [0.5, 0.6) is 0 Å². The Balaban J connectivity index is 1.88. The number of nitrogens with zero attached hydrogens (tertiary/aromatic N) is 1. The second kappa shape index (κ2) is 6.49. The van der Waals surface area contributed by atoms with E-state index in [4.69, 9.17) is 17.3 Å². The number of halogens is 1. The van der Waals surface area contributed by atoms with Crippen LogP contribution in [0.3, 0.4) is 0 Å². The van der Waals surface area contributed by atoms with Crippen LogP contribution in [0.2, 0.25) is 5.02 Å². The van der Waals surface area contributed by atoms with Crippen molar-refractivity contribution >= 4 is 22.9 Å². The molecule has 2 heterocycles. The van der Waals surface area contributed by atoms with Crippen LogP contribution in [0, 0.1) is 0 Å². The van der Waals surface area contributed by atoms with E-state index >= 15 is 0 Å². The van der Waals surface area contributed by atoms with Gasteiger partial charge < -0.3 is 5.73 Å². The number of hydrogen-bond donors (Lipinski definition) is 1. The molecule has 0 saturated heterocycles. The standard InChI is InChI=1S/C17H21ClN2S/c1-2-15(19)17(12-3-5-14(18)6-4-12)20-9-7-16-13(11-20)8-10-21-16/h3-6,8,10,15,17H,2,7,9,11,19H2,1H3. The summed E-state index contributed by atoms with van der Waals surface area (Å²) in [4.78, 5) is 4.05. The fourth-order valence-corrected chi connectivity index (χ4v) is 4.14. The summed E-state index contributed by atoms with van der Waals surface area (Å²) in [5.41, 5.74) is 9.18. The van der Waals surface area contributed by atoms with Gasteiger partial charge in [-0.15, -0.1) is 11.3 Å². The highest BCUT2D eigenvalue weighted by Gasteiger charge is 2.29. The Morgan fingerprint density at radius 1 is 1.29 bits per heavy atom. The highest BCUT2D eigenvalue weighted by Crippen LogP contribution is 2.32. The number of hydrogen-bond acceptors (Lipinski definition) is 3. The fraction of sp³-hybridized carbons (Fsp3) is 0.412. The lowest BCUT2D eigenvalue weighted by Crippen LogP contribution is -2.43. The molecular formula is C17H21ClN2S. The fourth-order valence-electron chi connectivity index (χ4n) is 3.12. The SMILES string of the molecule is CCC(N)C(c1ccc(Cl)cc1)N1CCc2sccc2C1. The van der Waals surface area contributed by atoms with Gasteiger partial charge in [0.2, 0.25) is 0 Å². The first kappa shape index (κ1) is 15.0. The quantitative estimate of drug-likeness (QED) is 0.913. The monoisotopic (exact) mass is 320 g/mol. The number of fused-ring (bicyclic) bond motifs is 1. The first-order valence-corrected chi connectivity index (χ1v) is 8.75. The minimum Gasteiger partial charge on any atom is -0.326 e. The molecule has 3 rings (SSSR count). The lowest BCUT2D eigenvalue weighted by molar-refractivity contribution is 0.154. The third-order valence-electron chi connectivity index (χ3n) is 4.32. The Kier molecular flexibility index (Phi) is 4.65. The van der Waals surface area contributed by atoms with Crippen LogP contribution in [-0.2, 0) is 13.0 Å². The first-order chi connectivity index (χ1) is 10.2. The average Bonchev–Trinajstić information content (AvgIpc) is 2.97. The Hall–Kier alpha value is -0.870. The van der Waals surface area contributed by atoms with Gasteiger partial charge in [0, 0.05) is 29.0 Å². The summed E-state index contributed by atoms with van der Waals surface area (Å²) in [5, 5.41) is 2.98. The van der Waals surface area contributed by atoms with Crippen molar-refractivity contribution in [3.63, 3.8) is 0 Å². The zero-order chi connectivity index (χ0) is 14.8. The third kappa shape index (κ3) is 3.16. The molecule has 0 saturated carbocycles. The van der Waals surface area contributed by atoms with Crippen molar-refractivity contribution in [1.29, 1.82) is 0 Å². The van der Waals surface area contributed by atoms with Crippen LogP contribution < -0.4 is 5.73 Å². The maximum absolute atomic E-state index is 6.44. The summed E-state index contributed by atoms with van der Waals surface area (Å²) in [6.07, 6.45) is 2.10. The van der Waals surface area contributed by atoms with Crippen molar-refractivity contribution in [3.8, 4) is 0 Å². The summed E-state index contributed by atoms with van der Waals surface area (Å²) in [5.74, 6) is 0. The van der Waals surface area contributed by atoms with E-state index in [1.807, 2.05) is 23.5 Å². The molecule has 112 valence electrons. The minimum atomic E-state index is 0.145. The molecule has 1 aliphatic heterocycles. The topological polar surface area (TPSA) is 29.3 Å². The maximum Gasteiger partial charge on any atom is 0.0502 e. The van der Waals surface area contributed by atoms with Crippen molar-refractivity contribution in [3.05, 3.63) is 56.7 Å². The predicted octanol–water partition coefficient (Wildman–Crippen LogP) is 4.24. The van der Waals surface area contributed by atoms with E-state index in [0.29, 0.717) is 0 Å². The molecule has 2 atom stereocenters. The largest absolute Gasteiger partial charge is 0.326 e. The predicted molar refractivity (Wildman–Crippen MR) is 90.9 cm³/mol. The highest BCUT2D eigenvalue weighted by atomic mass is 35.5. The first-order valence-electron chi connectivity index (χ1n) is 7.49. The van der Waals surface area contributed by atoms with E-state index in [1.165, 1.54) is 16.0 Å². The maximum atomic E-state index is 6.44. The molecule has 0 bridgehead atoms. The molecule has 1 aromatic carbocycles. The summed E-state index contributed by atoms with van der Waals surface area (Å²) in [6, 6.07) is 10.8. The van der Waals surface area contributed by atoms with E-state index < -0.39 is 0 Å². The Bertz CT molecular complexity index is 593. The molecule has 4 heteroatoms. The number of nitrogens with two attached hydrogens (primary N) is 1. The number of benzene rings is 1. The highest BCUT2D eigenvalue weighted by molar-refractivity contribution is 7.10. The molecular weight excluding hydrogens is 300 g/mol. The Morgan fingerprint density at radius 3 is 2.76 bits per heavy atom. The van der Waals surface area contributed by atoms with Gasteiger partial charge in [0.1, 0.15) is 0 Å². The summed E-state index contributed by atoms with van der Waals surface area (Å²) >= 11 is 7.90. The van der Waals surface area contributed by atoms with E-state index in [2.05, 4.69) is 35.4 Å². The van der Waals surface area contributed by atoms with Gasteiger partial charge in [0.05, 0.1) is 6.04 Å². The molecule has 1 aromatic heterocycles. The van der Waals surface area contributed by atoms with E-state index in [9.17, 15) is 0 Å². The summed E-state index contributed by atoms with van der Waals surface area (Å²) in [6.45, 7) is 4.24. The molecule has 2 N–H and O–H groups in total. The normalized spacial score (nSPS) is 18.2. The van der Waals surface area contributed by atoms with Crippen molar-refractivity contribution in [2.75, 3.05) is 6.54 Å². The Morgan fingerprint density at radius 2 is 2.05 bits per heavy atom. The molecule has 0 amide bonds. The van der Waals surface area contributed by atoms with Gasteiger partial charge in [0.25, 0.3) is 0 Å². The molecule has 0 radical (unpaired) electrons. The second-order valence-corrected chi connectivity index (χ2v) is 7.10. The molecule has 0 aliphatic carbocycles. The van der Waals surface area contributed by atoms with Gasteiger partial charge in [-0.25, -0.2) is 0 Å². The van der Waals surface area contributed by atoms with Crippen LogP contribution in [0.15, 0.2) is 35.7 Å². The van der Waals surface area contributed by atoms with Gasteiger partial charge in [-0.2, -0.15) is 0 Å². The van der Waals surface area contributed by atoms with Crippen molar-refractivity contribution < 1.29 is 0 Å². The lowest BCUT2D eigenvalue weighted by Gasteiger charge is -2.38. The zero-order valence-electron chi connectivity index (χ0n) is 12.3. The second-order valence-electron chi connectivity index (χ2n) is 5.66. The molecule has 21 heavy (non-hydrogen) atoms. The molecule has 0 fully saturated rings. The van der Waals surface area contributed by atoms with E-state index in [0.717, 1.165) is 31.0 Å². The van der Waals surface area contributed by atoms with Gasteiger partial charge in [-0.05, 0) is 47.5 Å². The van der Waals surface area contributed by atoms with Crippen LogP contribution in [0.1, 0.15) is 35.4 Å². The van der Waals surface area contributed by atoms with Crippen molar-refractivity contribution in [2.45, 2.75) is 38.4 Å². The van der Waals surface area contributed by atoms with E-state index in [1.54, 1.807) is 0 Å². The van der Waals surface area contributed by atoms with Gasteiger partial charge in [0.15, 0.2) is 0 Å². The summed E-state index contributed by atoms with van der Waals surface area (Å²) in [7, 11) is 0. The van der Waals surface area contributed by atoms with Crippen molar-refractivity contribution in [1.82, 2.24) is 4.90 Å². The average molecular weight is 321 g/mol. The number of thiophene rings is 1. The van der Waals surface area contributed by atoms with Crippen LogP contribution in [0.25, 0.3) is 0 Å². The molecule has 2 nitrogen and oxygen atoms in total. The minimum absolute atomic E-state index is 0.145. The van der Waals surface area contributed by atoms with Gasteiger partial charge in [-0.3, -0.25) is 4.90 Å².